The number of carbonyl (C=O) groups is 4. The molecule has 2 heterocycles. The molecular formula is C19H21N3O4S. The van der Waals surface area contributed by atoms with Crippen LogP contribution in [0.15, 0.2) is 12.2 Å². The molecule has 7 nitrogen and oxygen atoms in total. The Hall–Kier alpha value is -2.48. The van der Waals surface area contributed by atoms with Crippen molar-refractivity contribution < 1.29 is 19.2 Å². The molecule has 0 saturated carbocycles. The number of thiophene rings is 1. The summed E-state index contributed by atoms with van der Waals surface area (Å²) >= 11 is 1.36. The number of hydrogen-bond acceptors (Lipinski definition) is 5. The second-order valence-electron chi connectivity index (χ2n) is 7.29. The lowest BCUT2D eigenvalue weighted by molar-refractivity contribution is -0.146. The number of nitrogens with two attached hydrogens (primary N) is 1. The van der Waals surface area contributed by atoms with E-state index in [1.807, 2.05) is 12.2 Å². The van der Waals surface area contributed by atoms with Crippen LogP contribution in [0.5, 0.6) is 0 Å². The standard InChI is InChI=1S/C19H21N3O4S/c1-9(22-18(25)10-5-2-3-6-11(10)19(22)26)16(24)21-17-14(15(20)23)12-7-4-8-13(12)27-17/h2-3,9-11H,4-8H2,1H3,(H2,20,23)(H,21,24)/t9-,10-,11+/m0/s1. The number of fused-ring (bicyclic) bond motifs is 2. The van der Waals surface area contributed by atoms with Crippen LogP contribution in [-0.4, -0.2) is 34.6 Å². The van der Waals surface area contributed by atoms with Crippen LogP contribution in [0.1, 0.15) is 47.0 Å². The maximum absolute atomic E-state index is 12.8. The van der Waals surface area contributed by atoms with Crippen molar-refractivity contribution in [2.45, 2.75) is 45.1 Å². The molecule has 3 aliphatic rings. The molecule has 2 aliphatic carbocycles. The maximum atomic E-state index is 12.8. The van der Waals surface area contributed by atoms with Crippen LogP contribution in [0.2, 0.25) is 0 Å². The Labute approximate surface area is 160 Å². The first-order valence-corrected chi connectivity index (χ1v) is 9.99. The number of likely N-dealkylation sites (tertiary alicyclic amines) is 1. The zero-order chi connectivity index (χ0) is 19.3. The third-order valence-electron chi connectivity index (χ3n) is 5.71. The molecule has 1 aliphatic heterocycles. The molecule has 1 fully saturated rings. The SMILES string of the molecule is C[C@@H](C(=O)Nc1sc2c(c1C(N)=O)CCC2)N1C(=O)[C@H]2CC=CC[C@H]2C1=O. The van der Waals surface area contributed by atoms with E-state index in [1.54, 1.807) is 6.92 Å². The third kappa shape index (κ3) is 2.79. The van der Waals surface area contributed by atoms with Crippen LogP contribution in [0.25, 0.3) is 0 Å². The highest BCUT2D eigenvalue weighted by molar-refractivity contribution is 7.17. The molecule has 27 heavy (non-hydrogen) atoms. The number of anilines is 1. The highest BCUT2D eigenvalue weighted by Crippen LogP contribution is 2.40. The van der Waals surface area contributed by atoms with Gasteiger partial charge >= 0.3 is 0 Å². The van der Waals surface area contributed by atoms with E-state index < -0.39 is 17.9 Å². The summed E-state index contributed by atoms with van der Waals surface area (Å²) < 4.78 is 0. The van der Waals surface area contributed by atoms with Gasteiger partial charge in [-0.05, 0) is 44.6 Å². The Morgan fingerprint density at radius 2 is 1.81 bits per heavy atom. The molecule has 142 valence electrons. The number of amides is 4. The number of hydrogen-bond donors (Lipinski definition) is 2. The number of aryl methyl sites for hydroxylation is 1. The van der Waals surface area contributed by atoms with Crippen LogP contribution < -0.4 is 11.1 Å². The van der Waals surface area contributed by atoms with Gasteiger partial charge < -0.3 is 11.1 Å². The molecule has 1 aromatic rings. The van der Waals surface area contributed by atoms with Gasteiger partial charge in [0.1, 0.15) is 11.0 Å². The minimum Gasteiger partial charge on any atom is -0.365 e. The Morgan fingerprint density at radius 3 is 2.41 bits per heavy atom. The van der Waals surface area contributed by atoms with E-state index >= 15 is 0 Å². The summed E-state index contributed by atoms with van der Waals surface area (Å²) in [6, 6.07) is -0.937. The fourth-order valence-electron chi connectivity index (χ4n) is 4.29. The first-order chi connectivity index (χ1) is 12.9. The van der Waals surface area contributed by atoms with Crippen LogP contribution in [0, 0.1) is 11.8 Å². The van der Waals surface area contributed by atoms with Gasteiger partial charge in [-0.25, -0.2) is 0 Å². The summed E-state index contributed by atoms with van der Waals surface area (Å²) in [5.41, 5.74) is 6.80. The minimum absolute atomic E-state index is 0.291. The number of rotatable bonds is 4. The average Bonchev–Trinajstić information content (AvgIpc) is 3.27. The van der Waals surface area contributed by atoms with E-state index in [0.717, 1.165) is 34.6 Å². The summed E-state index contributed by atoms with van der Waals surface area (Å²) in [5, 5.41) is 3.16. The van der Waals surface area contributed by atoms with Crippen molar-refractivity contribution in [3.8, 4) is 0 Å². The van der Waals surface area contributed by atoms with Gasteiger partial charge in [0.15, 0.2) is 0 Å². The molecule has 0 spiro atoms. The van der Waals surface area contributed by atoms with E-state index in [-0.39, 0.29) is 23.7 Å². The van der Waals surface area contributed by atoms with Gasteiger partial charge in [0, 0.05) is 4.88 Å². The fourth-order valence-corrected chi connectivity index (χ4v) is 5.59. The highest BCUT2D eigenvalue weighted by atomic mass is 32.1. The predicted octanol–water partition coefficient (Wildman–Crippen LogP) is 1.61. The van der Waals surface area contributed by atoms with Crippen molar-refractivity contribution in [3.05, 3.63) is 28.2 Å². The summed E-state index contributed by atoms with van der Waals surface area (Å²) in [5.74, 6) is -2.37. The van der Waals surface area contributed by atoms with Crippen molar-refractivity contribution in [3.63, 3.8) is 0 Å². The Morgan fingerprint density at radius 1 is 1.19 bits per heavy atom. The van der Waals surface area contributed by atoms with Crippen LogP contribution in [0.3, 0.4) is 0 Å². The van der Waals surface area contributed by atoms with Crippen LogP contribution >= 0.6 is 11.3 Å². The molecule has 4 amide bonds. The van der Waals surface area contributed by atoms with Crippen LogP contribution in [-0.2, 0) is 27.2 Å². The zero-order valence-corrected chi connectivity index (χ0v) is 15.8. The monoisotopic (exact) mass is 387 g/mol. The summed E-state index contributed by atoms with van der Waals surface area (Å²) in [7, 11) is 0. The zero-order valence-electron chi connectivity index (χ0n) is 15.0. The number of nitrogens with one attached hydrogen (secondary N) is 1. The summed E-state index contributed by atoms with van der Waals surface area (Å²) in [6.07, 6.45) is 7.49. The molecule has 0 radical (unpaired) electrons. The highest BCUT2D eigenvalue weighted by Gasteiger charge is 2.50. The van der Waals surface area contributed by atoms with E-state index in [0.29, 0.717) is 23.4 Å². The summed E-state index contributed by atoms with van der Waals surface area (Å²) in [4.78, 5) is 52.1. The Bertz CT molecular complexity index is 862. The number of carbonyl (C=O) groups excluding carboxylic acids is 4. The van der Waals surface area contributed by atoms with Gasteiger partial charge in [-0.1, -0.05) is 12.2 Å². The number of allylic oxidation sites excluding steroid dienone is 2. The largest absolute Gasteiger partial charge is 0.365 e. The topological polar surface area (TPSA) is 110 Å². The lowest BCUT2D eigenvalue weighted by Crippen LogP contribution is -2.46. The molecule has 3 atom stereocenters. The first-order valence-electron chi connectivity index (χ1n) is 9.17. The molecule has 0 bridgehead atoms. The van der Waals surface area contributed by atoms with Crippen molar-refractivity contribution in [2.24, 2.45) is 17.6 Å². The molecule has 0 aromatic carbocycles. The number of imide groups is 1. The van der Waals surface area contributed by atoms with Crippen molar-refractivity contribution >= 4 is 40.0 Å². The van der Waals surface area contributed by atoms with E-state index in [1.165, 1.54) is 11.3 Å². The van der Waals surface area contributed by atoms with Crippen molar-refractivity contribution in [1.29, 1.82) is 0 Å². The lowest BCUT2D eigenvalue weighted by atomic mass is 9.85. The quantitative estimate of drug-likeness (QED) is 0.604. The van der Waals surface area contributed by atoms with Crippen LogP contribution in [0.4, 0.5) is 5.00 Å². The normalized spacial score (nSPS) is 24.7. The van der Waals surface area contributed by atoms with Crippen molar-refractivity contribution in [2.75, 3.05) is 5.32 Å². The smallest absolute Gasteiger partial charge is 0.251 e. The van der Waals surface area contributed by atoms with E-state index in [2.05, 4.69) is 5.32 Å². The third-order valence-corrected chi connectivity index (χ3v) is 6.92. The molecule has 0 unspecified atom stereocenters. The van der Waals surface area contributed by atoms with Gasteiger partial charge in [-0.3, -0.25) is 24.1 Å². The molecular weight excluding hydrogens is 366 g/mol. The molecule has 1 saturated heterocycles. The van der Waals surface area contributed by atoms with Gasteiger partial charge in [-0.2, -0.15) is 0 Å². The molecule has 8 heteroatoms. The molecule has 1 aromatic heterocycles. The average molecular weight is 387 g/mol. The van der Waals surface area contributed by atoms with Gasteiger partial charge in [0.05, 0.1) is 17.4 Å². The Balaban J connectivity index is 1.55. The lowest BCUT2D eigenvalue weighted by Gasteiger charge is -2.22. The minimum atomic E-state index is -0.937. The van der Waals surface area contributed by atoms with Gasteiger partial charge in [0.25, 0.3) is 5.91 Å². The second-order valence-corrected chi connectivity index (χ2v) is 8.40. The molecule has 4 rings (SSSR count). The maximum Gasteiger partial charge on any atom is 0.251 e. The number of nitrogens with zero attached hydrogens (tertiary/aromatic N) is 1. The van der Waals surface area contributed by atoms with E-state index in [9.17, 15) is 19.2 Å². The Kier molecular flexibility index (Phi) is 4.38. The second kappa shape index (κ2) is 6.60. The van der Waals surface area contributed by atoms with Gasteiger partial charge in [0.2, 0.25) is 17.7 Å². The molecule has 3 N–H and O–H groups in total. The first kappa shape index (κ1) is 17.9. The predicted molar refractivity (Wildman–Crippen MR) is 100 cm³/mol. The van der Waals surface area contributed by atoms with Crippen molar-refractivity contribution in [1.82, 2.24) is 4.90 Å². The fraction of sp³-hybridized carbons (Fsp3) is 0.474. The van der Waals surface area contributed by atoms with Gasteiger partial charge in [-0.15, -0.1) is 11.3 Å². The van der Waals surface area contributed by atoms with E-state index in [4.69, 9.17) is 5.73 Å². The number of primary amides is 1. The summed E-state index contributed by atoms with van der Waals surface area (Å²) in [6.45, 7) is 1.54.